The number of rotatable bonds is 4. The lowest BCUT2D eigenvalue weighted by atomic mass is 10.2. The molecule has 3 N–H and O–H groups in total. The Balaban J connectivity index is 1.97. The molecule has 2 rings (SSSR count). The second-order valence-corrected chi connectivity index (χ2v) is 3.85. The fraction of sp³-hybridized carbons (Fsp3) is 0.0769. The zero-order valence-corrected chi connectivity index (χ0v) is 10.4. The molecule has 2 aromatic rings. The highest BCUT2D eigenvalue weighted by Gasteiger charge is 2.14. The van der Waals surface area contributed by atoms with Gasteiger partial charge < -0.3 is 10.4 Å². The van der Waals surface area contributed by atoms with Gasteiger partial charge >= 0.3 is 12.0 Å². The molecule has 102 valence electrons. The van der Waals surface area contributed by atoms with E-state index in [4.69, 9.17) is 5.11 Å². The standard InChI is InChI=1S/C13H12N4O3/c18-12(19)10-11(15-7-6-14-10)17-13(20)16-8-9-4-2-1-3-5-9/h1-7H,8H2,(H,18,19)(H2,15,16,17,20). The third-order valence-corrected chi connectivity index (χ3v) is 2.43. The molecular weight excluding hydrogens is 260 g/mol. The molecule has 20 heavy (non-hydrogen) atoms. The van der Waals surface area contributed by atoms with Gasteiger partial charge in [-0.15, -0.1) is 0 Å². The van der Waals surface area contributed by atoms with Crippen LogP contribution in [0.25, 0.3) is 0 Å². The number of urea groups is 1. The average Bonchev–Trinajstić information content (AvgIpc) is 2.46. The maximum Gasteiger partial charge on any atom is 0.358 e. The Morgan fingerprint density at radius 2 is 1.80 bits per heavy atom. The number of aromatic nitrogens is 2. The van der Waals surface area contributed by atoms with Gasteiger partial charge in [0.2, 0.25) is 0 Å². The number of benzene rings is 1. The minimum Gasteiger partial charge on any atom is -0.476 e. The van der Waals surface area contributed by atoms with Gasteiger partial charge in [0.15, 0.2) is 11.5 Å². The highest BCUT2D eigenvalue weighted by Crippen LogP contribution is 2.07. The number of carboxylic acids is 1. The van der Waals surface area contributed by atoms with Crippen molar-refractivity contribution >= 4 is 17.8 Å². The molecule has 0 bridgehead atoms. The van der Waals surface area contributed by atoms with Crippen molar-refractivity contribution in [2.75, 3.05) is 5.32 Å². The lowest BCUT2D eigenvalue weighted by Crippen LogP contribution is -2.29. The summed E-state index contributed by atoms with van der Waals surface area (Å²) < 4.78 is 0. The van der Waals surface area contributed by atoms with Gasteiger partial charge in [0, 0.05) is 18.9 Å². The number of amides is 2. The first kappa shape index (κ1) is 13.5. The fourth-order valence-electron chi connectivity index (χ4n) is 1.52. The first-order valence-corrected chi connectivity index (χ1v) is 5.80. The van der Waals surface area contributed by atoms with Crippen LogP contribution in [0.5, 0.6) is 0 Å². The Labute approximate surface area is 114 Å². The van der Waals surface area contributed by atoms with Crippen LogP contribution in [-0.2, 0) is 6.54 Å². The summed E-state index contributed by atoms with van der Waals surface area (Å²) in [5.74, 6) is -1.35. The van der Waals surface area contributed by atoms with Crippen molar-refractivity contribution < 1.29 is 14.7 Å². The van der Waals surface area contributed by atoms with Crippen molar-refractivity contribution in [2.45, 2.75) is 6.54 Å². The molecule has 1 aromatic heterocycles. The number of carbonyl (C=O) groups excluding carboxylic acids is 1. The second kappa shape index (κ2) is 6.28. The van der Waals surface area contributed by atoms with E-state index in [0.717, 1.165) is 5.56 Å². The molecule has 0 unspecified atom stereocenters. The van der Waals surface area contributed by atoms with Gasteiger partial charge in [0.25, 0.3) is 0 Å². The number of hydrogen-bond donors (Lipinski definition) is 3. The monoisotopic (exact) mass is 272 g/mol. The first-order valence-electron chi connectivity index (χ1n) is 5.80. The Bertz CT molecular complexity index is 616. The van der Waals surface area contributed by atoms with Crippen LogP contribution in [0.3, 0.4) is 0 Å². The van der Waals surface area contributed by atoms with Gasteiger partial charge in [-0.25, -0.2) is 19.6 Å². The molecule has 0 aliphatic heterocycles. The van der Waals surface area contributed by atoms with E-state index in [0.29, 0.717) is 6.54 Å². The predicted octanol–water partition coefficient (Wildman–Crippen LogP) is 1.50. The number of nitrogens with one attached hydrogen (secondary N) is 2. The molecule has 0 saturated carbocycles. The van der Waals surface area contributed by atoms with Gasteiger partial charge in [-0.2, -0.15) is 0 Å². The predicted molar refractivity (Wildman–Crippen MR) is 71.3 cm³/mol. The smallest absolute Gasteiger partial charge is 0.358 e. The number of nitrogens with zero attached hydrogens (tertiary/aromatic N) is 2. The maximum atomic E-state index is 11.7. The summed E-state index contributed by atoms with van der Waals surface area (Å²) >= 11 is 0. The van der Waals surface area contributed by atoms with Crippen LogP contribution in [0.1, 0.15) is 16.1 Å². The third kappa shape index (κ3) is 3.52. The maximum absolute atomic E-state index is 11.7. The molecule has 0 aliphatic carbocycles. The molecule has 0 atom stereocenters. The summed E-state index contributed by atoms with van der Waals surface area (Å²) in [7, 11) is 0. The zero-order valence-electron chi connectivity index (χ0n) is 10.4. The molecular formula is C13H12N4O3. The van der Waals surface area contributed by atoms with E-state index in [1.165, 1.54) is 12.4 Å². The average molecular weight is 272 g/mol. The molecule has 7 heteroatoms. The van der Waals surface area contributed by atoms with Gasteiger partial charge in [0.05, 0.1) is 0 Å². The van der Waals surface area contributed by atoms with Gasteiger partial charge in [-0.1, -0.05) is 30.3 Å². The molecule has 0 saturated heterocycles. The van der Waals surface area contributed by atoms with Crippen LogP contribution < -0.4 is 10.6 Å². The summed E-state index contributed by atoms with van der Waals surface area (Å²) in [6.45, 7) is 0.329. The minimum absolute atomic E-state index is 0.0921. The number of hydrogen-bond acceptors (Lipinski definition) is 4. The van der Waals surface area contributed by atoms with E-state index < -0.39 is 12.0 Å². The Morgan fingerprint density at radius 1 is 1.10 bits per heavy atom. The summed E-state index contributed by atoms with van der Waals surface area (Å²) in [6, 6.07) is 8.79. The fourth-order valence-corrected chi connectivity index (χ4v) is 1.52. The van der Waals surface area contributed by atoms with Crippen molar-refractivity contribution in [3.63, 3.8) is 0 Å². The highest BCUT2D eigenvalue weighted by atomic mass is 16.4. The molecule has 0 spiro atoms. The Hall–Kier alpha value is -2.96. The van der Waals surface area contributed by atoms with Crippen LogP contribution in [0.2, 0.25) is 0 Å². The van der Waals surface area contributed by atoms with Crippen LogP contribution >= 0.6 is 0 Å². The number of carboxylic acid groups (broad SMARTS) is 1. The van der Waals surface area contributed by atoms with Crippen molar-refractivity contribution in [3.05, 3.63) is 54.0 Å². The first-order chi connectivity index (χ1) is 9.66. The number of carbonyl (C=O) groups is 2. The molecule has 1 heterocycles. The summed E-state index contributed by atoms with van der Waals surface area (Å²) in [5, 5.41) is 13.9. The molecule has 0 radical (unpaired) electrons. The Morgan fingerprint density at radius 3 is 2.50 bits per heavy atom. The zero-order chi connectivity index (χ0) is 14.4. The van der Waals surface area contributed by atoms with E-state index in [-0.39, 0.29) is 11.5 Å². The van der Waals surface area contributed by atoms with E-state index in [1.54, 1.807) is 0 Å². The summed E-state index contributed by atoms with van der Waals surface area (Å²) in [5.41, 5.74) is 0.627. The van der Waals surface area contributed by atoms with Crippen LogP contribution in [0.4, 0.5) is 10.6 Å². The van der Waals surface area contributed by atoms with Gasteiger partial charge in [-0.3, -0.25) is 5.32 Å². The molecule has 0 fully saturated rings. The topological polar surface area (TPSA) is 104 Å². The Kier molecular flexibility index (Phi) is 4.23. The number of anilines is 1. The van der Waals surface area contributed by atoms with Crippen molar-refractivity contribution in [2.24, 2.45) is 0 Å². The van der Waals surface area contributed by atoms with Crippen molar-refractivity contribution in [1.82, 2.24) is 15.3 Å². The van der Waals surface area contributed by atoms with Gasteiger partial charge in [0.1, 0.15) is 0 Å². The summed E-state index contributed by atoms with van der Waals surface area (Å²) in [4.78, 5) is 30.0. The highest BCUT2D eigenvalue weighted by molar-refractivity contribution is 5.97. The van der Waals surface area contributed by atoms with E-state index in [1.807, 2.05) is 30.3 Å². The van der Waals surface area contributed by atoms with Crippen molar-refractivity contribution in [3.8, 4) is 0 Å². The van der Waals surface area contributed by atoms with E-state index >= 15 is 0 Å². The van der Waals surface area contributed by atoms with Crippen LogP contribution in [0, 0.1) is 0 Å². The lowest BCUT2D eigenvalue weighted by molar-refractivity contribution is 0.0691. The minimum atomic E-state index is -1.25. The largest absolute Gasteiger partial charge is 0.476 e. The van der Waals surface area contributed by atoms with E-state index in [9.17, 15) is 9.59 Å². The molecule has 2 amide bonds. The lowest BCUT2D eigenvalue weighted by Gasteiger charge is -2.08. The van der Waals surface area contributed by atoms with E-state index in [2.05, 4.69) is 20.6 Å². The van der Waals surface area contributed by atoms with Crippen LogP contribution in [0.15, 0.2) is 42.7 Å². The molecule has 1 aromatic carbocycles. The number of aromatic carboxylic acids is 1. The summed E-state index contributed by atoms with van der Waals surface area (Å²) in [6.07, 6.45) is 2.55. The normalized spacial score (nSPS) is 9.80. The quantitative estimate of drug-likeness (QED) is 0.782. The second-order valence-electron chi connectivity index (χ2n) is 3.85. The molecule has 0 aliphatic rings. The van der Waals surface area contributed by atoms with Crippen molar-refractivity contribution in [1.29, 1.82) is 0 Å². The third-order valence-electron chi connectivity index (χ3n) is 2.43. The van der Waals surface area contributed by atoms with Gasteiger partial charge in [-0.05, 0) is 5.56 Å². The SMILES string of the molecule is O=C(NCc1ccccc1)Nc1nccnc1C(=O)O. The van der Waals surface area contributed by atoms with Crippen LogP contribution in [-0.4, -0.2) is 27.1 Å². The molecule has 7 nitrogen and oxygen atoms in total.